The third-order valence-corrected chi connectivity index (χ3v) is 4.56. The van der Waals surface area contributed by atoms with Crippen molar-refractivity contribution in [3.63, 3.8) is 0 Å². The largest absolute Gasteiger partial charge is 0.493 e. The smallest absolute Gasteiger partial charge is 0.222 e. The Hall–Kier alpha value is -2.43. The molecular weight excluding hydrogens is 306 g/mol. The number of rotatable bonds is 6. The lowest BCUT2D eigenvalue weighted by molar-refractivity contribution is -0.130. The summed E-state index contributed by atoms with van der Waals surface area (Å²) in [6.45, 7) is 1.55. The van der Waals surface area contributed by atoms with Crippen molar-refractivity contribution in [2.45, 2.75) is 25.2 Å². The van der Waals surface area contributed by atoms with Gasteiger partial charge in [-0.15, -0.1) is 0 Å². The monoisotopic (exact) mass is 329 g/mol. The molecule has 5 nitrogen and oxygen atoms in total. The van der Waals surface area contributed by atoms with Gasteiger partial charge in [0.05, 0.1) is 20.5 Å². The van der Waals surface area contributed by atoms with E-state index in [-0.39, 0.29) is 5.91 Å². The number of ether oxygens (including phenoxy) is 2. The molecule has 128 valence electrons. The van der Waals surface area contributed by atoms with Crippen LogP contribution in [0.4, 0.5) is 0 Å². The molecule has 2 aromatic rings. The van der Waals surface area contributed by atoms with Gasteiger partial charge >= 0.3 is 0 Å². The van der Waals surface area contributed by atoms with Crippen LogP contribution in [0.1, 0.15) is 30.1 Å². The molecule has 0 aliphatic carbocycles. The topological polar surface area (TPSA) is 51.9 Å². The number of amides is 1. The predicted octanol–water partition coefficient (Wildman–Crippen LogP) is 3.25. The lowest BCUT2D eigenvalue weighted by atomic mass is 10.1. The van der Waals surface area contributed by atoms with E-state index >= 15 is 0 Å². The van der Waals surface area contributed by atoms with Gasteiger partial charge in [-0.05, 0) is 42.7 Å². The van der Waals surface area contributed by atoms with Crippen molar-refractivity contribution < 1.29 is 18.7 Å². The van der Waals surface area contributed by atoms with Crippen LogP contribution in [-0.2, 0) is 11.2 Å². The van der Waals surface area contributed by atoms with Crippen LogP contribution in [0, 0.1) is 0 Å². The van der Waals surface area contributed by atoms with Gasteiger partial charge in [-0.3, -0.25) is 4.79 Å². The van der Waals surface area contributed by atoms with E-state index in [2.05, 4.69) is 0 Å². The fourth-order valence-corrected chi connectivity index (χ4v) is 3.19. The highest BCUT2D eigenvalue weighted by atomic mass is 16.5. The van der Waals surface area contributed by atoms with Crippen molar-refractivity contribution >= 4 is 5.91 Å². The minimum Gasteiger partial charge on any atom is -0.493 e. The van der Waals surface area contributed by atoms with Gasteiger partial charge in [0.2, 0.25) is 5.91 Å². The fraction of sp³-hybridized carbons (Fsp3) is 0.421. The number of benzene rings is 1. The Labute approximate surface area is 142 Å². The molecule has 0 radical (unpaired) electrons. The first-order chi connectivity index (χ1) is 11.7. The van der Waals surface area contributed by atoms with E-state index in [1.54, 1.807) is 20.5 Å². The van der Waals surface area contributed by atoms with Gasteiger partial charge in [-0.2, -0.15) is 0 Å². The summed E-state index contributed by atoms with van der Waals surface area (Å²) >= 11 is 0. The number of furan rings is 1. The summed E-state index contributed by atoms with van der Waals surface area (Å²) in [5.41, 5.74) is 1.07. The standard InChI is InChI=1S/C19H23NO4/c1-22-17-7-5-14(12-18(17)23-2)6-8-19(21)20-10-9-15(13-20)16-4-3-11-24-16/h3-5,7,11-12,15H,6,8-10,13H2,1-2H3. The molecule has 2 heterocycles. The van der Waals surface area contributed by atoms with E-state index in [1.165, 1.54) is 0 Å². The van der Waals surface area contributed by atoms with Gasteiger partial charge in [0.25, 0.3) is 0 Å². The highest BCUT2D eigenvalue weighted by molar-refractivity contribution is 5.77. The zero-order valence-corrected chi connectivity index (χ0v) is 14.2. The van der Waals surface area contributed by atoms with E-state index in [9.17, 15) is 4.79 Å². The van der Waals surface area contributed by atoms with Crippen molar-refractivity contribution in [1.82, 2.24) is 4.90 Å². The number of carbonyl (C=O) groups is 1. The Morgan fingerprint density at radius 1 is 1.25 bits per heavy atom. The summed E-state index contributed by atoms with van der Waals surface area (Å²) in [5.74, 6) is 2.89. The third-order valence-electron chi connectivity index (χ3n) is 4.56. The summed E-state index contributed by atoms with van der Waals surface area (Å²) in [6.07, 6.45) is 3.86. The van der Waals surface area contributed by atoms with Crippen LogP contribution in [0.5, 0.6) is 11.5 Å². The average molecular weight is 329 g/mol. The van der Waals surface area contributed by atoms with Crippen molar-refractivity contribution in [3.05, 3.63) is 47.9 Å². The normalized spacial score (nSPS) is 17.1. The fourth-order valence-electron chi connectivity index (χ4n) is 3.19. The zero-order valence-electron chi connectivity index (χ0n) is 14.2. The average Bonchev–Trinajstić information content (AvgIpc) is 3.30. The molecule has 1 aromatic carbocycles. The summed E-state index contributed by atoms with van der Waals surface area (Å²) < 4.78 is 16.0. The van der Waals surface area contributed by atoms with Crippen molar-refractivity contribution in [2.75, 3.05) is 27.3 Å². The molecule has 0 N–H and O–H groups in total. The SMILES string of the molecule is COc1ccc(CCC(=O)N2CCC(c3ccco3)C2)cc1OC. The maximum absolute atomic E-state index is 12.5. The molecule has 0 spiro atoms. The first-order valence-electron chi connectivity index (χ1n) is 8.23. The van der Waals surface area contributed by atoms with Crippen molar-refractivity contribution in [3.8, 4) is 11.5 Å². The second-order valence-corrected chi connectivity index (χ2v) is 6.03. The summed E-state index contributed by atoms with van der Waals surface area (Å²) in [4.78, 5) is 14.4. The molecule has 1 saturated heterocycles. The summed E-state index contributed by atoms with van der Waals surface area (Å²) in [6, 6.07) is 9.67. The maximum Gasteiger partial charge on any atom is 0.222 e. The Balaban J connectivity index is 1.54. The number of likely N-dealkylation sites (tertiary alicyclic amines) is 1. The lowest BCUT2D eigenvalue weighted by Gasteiger charge is -2.16. The highest BCUT2D eigenvalue weighted by Gasteiger charge is 2.28. The van der Waals surface area contributed by atoms with Gasteiger partial charge in [-0.1, -0.05) is 6.07 Å². The van der Waals surface area contributed by atoms with Gasteiger partial charge in [0, 0.05) is 25.4 Å². The number of methoxy groups -OCH3 is 2. The molecule has 1 aromatic heterocycles. The highest BCUT2D eigenvalue weighted by Crippen LogP contribution is 2.29. The zero-order chi connectivity index (χ0) is 16.9. The molecule has 0 saturated carbocycles. The van der Waals surface area contributed by atoms with Crippen LogP contribution < -0.4 is 9.47 Å². The lowest BCUT2D eigenvalue weighted by Crippen LogP contribution is -2.28. The van der Waals surface area contributed by atoms with Crippen LogP contribution in [0.3, 0.4) is 0 Å². The number of aryl methyl sites for hydroxylation is 1. The molecule has 1 atom stereocenters. The Morgan fingerprint density at radius 2 is 2.08 bits per heavy atom. The van der Waals surface area contributed by atoms with Crippen LogP contribution >= 0.6 is 0 Å². The molecule has 5 heteroatoms. The van der Waals surface area contributed by atoms with Gasteiger partial charge in [0.15, 0.2) is 11.5 Å². The molecule has 1 amide bonds. The van der Waals surface area contributed by atoms with Crippen molar-refractivity contribution in [2.24, 2.45) is 0 Å². The Bertz CT molecular complexity index is 681. The van der Waals surface area contributed by atoms with Gasteiger partial charge < -0.3 is 18.8 Å². The van der Waals surface area contributed by atoms with Crippen LogP contribution in [-0.4, -0.2) is 38.1 Å². The van der Waals surface area contributed by atoms with Crippen LogP contribution in [0.2, 0.25) is 0 Å². The first kappa shape index (κ1) is 16.4. The van der Waals surface area contributed by atoms with Crippen LogP contribution in [0.15, 0.2) is 41.0 Å². The third kappa shape index (κ3) is 3.55. The molecule has 1 aliphatic rings. The van der Waals surface area contributed by atoms with E-state index in [1.807, 2.05) is 35.2 Å². The van der Waals surface area contributed by atoms with E-state index in [0.29, 0.717) is 30.3 Å². The van der Waals surface area contributed by atoms with Crippen LogP contribution in [0.25, 0.3) is 0 Å². The summed E-state index contributed by atoms with van der Waals surface area (Å²) in [7, 11) is 3.23. The molecular formula is C19H23NO4. The molecule has 3 rings (SSSR count). The quantitative estimate of drug-likeness (QED) is 0.816. The van der Waals surface area contributed by atoms with E-state index in [0.717, 1.165) is 30.8 Å². The Kier molecular flexibility index (Phi) is 5.08. The number of hydrogen-bond acceptors (Lipinski definition) is 4. The van der Waals surface area contributed by atoms with Crippen molar-refractivity contribution in [1.29, 1.82) is 0 Å². The molecule has 0 bridgehead atoms. The number of carbonyl (C=O) groups excluding carboxylic acids is 1. The van der Waals surface area contributed by atoms with Gasteiger partial charge in [0.1, 0.15) is 5.76 Å². The summed E-state index contributed by atoms with van der Waals surface area (Å²) in [5, 5.41) is 0. The molecule has 1 unspecified atom stereocenters. The second kappa shape index (κ2) is 7.43. The predicted molar refractivity (Wildman–Crippen MR) is 90.5 cm³/mol. The first-order valence-corrected chi connectivity index (χ1v) is 8.23. The maximum atomic E-state index is 12.5. The number of nitrogens with zero attached hydrogens (tertiary/aromatic N) is 1. The second-order valence-electron chi connectivity index (χ2n) is 6.03. The van der Waals surface area contributed by atoms with Gasteiger partial charge in [-0.25, -0.2) is 0 Å². The van der Waals surface area contributed by atoms with E-state index in [4.69, 9.17) is 13.9 Å². The minimum absolute atomic E-state index is 0.193. The van der Waals surface area contributed by atoms with E-state index < -0.39 is 0 Å². The molecule has 24 heavy (non-hydrogen) atoms. The number of hydrogen-bond donors (Lipinski definition) is 0. The Morgan fingerprint density at radius 3 is 2.79 bits per heavy atom. The molecule has 1 aliphatic heterocycles. The molecule has 1 fully saturated rings. The minimum atomic E-state index is 0.193.